The van der Waals surface area contributed by atoms with Crippen LogP contribution in [0.1, 0.15) is 24.8 Å². The molecule has 1 aromatic carbocycles. The second-order valence-corrected chi connectivity index (χ2v) is 5.90. The van der Waals surface area contributed by atoms with Gasteiger partial charge in [-0.1, -0.05) is 24.6 Å². The van der Waals surface area contributed by atoms with E-state index in [1.54, 1.807) is 13.3 Å². The van der Waals surface area contributed by atoms with Crippen molar-refractivity contribution < 1.29 is 4.74 Å². The molecule has 5 nitrogen and oxygen atoms in total. The van der Waals surface area contributed by atoms with E-state index in [0.717, 1.165) is 18.6 Å². The van der Waals surface area contributed by atoms with Crippen molar-refractivity contribution in [3.05, 3.63) is 54.2 Å². The Kier molecular flexibility index (Phi) is 6.42. The molecule has 0 aliphatic heterocycles. The lowest BCUT2D eigenvalue weighted by atomic mass is 9.64. The average Bonchev–Trinajstić information content (AvgIpc) is 2.55. The van der Waals surface area contributed by atoms with E-state index in [2.05, 4.69) is 27.4 Å². The van der Waals surface area contributed by atoms with Gasteiger partial charge in [-0.3, -0.25) is 4.99 Å². The van der Waals surface area contributed by atoms with Crippen molar-refractivity contribution in [2.45, 2.75) is 24.7 Å². The highest BCUT2D eigenvalue weighted by atomic mass is 127. The van der Waals surface area contributed by atoms with Crippen LogP contribution in [0.5, 0.6) is 5.75 Å². The molecule has 1 aliphatic carbocycles. The summed E-state index contributed by atoms with van der Waals surface area (Å²) in [5, 5.41) is 3.03. The van der Waals surface area contributed by atoms with Gasteiger partial charge in [0.05, 0.1) is 13.7 Å². The number of guanidine groups is 1. The molecule has 0 radical (unpaired) electrons. The number of aromatic nitrogens is 1. The molecule has 0 bridgehead atoms. The van der Waals surface area contributed by atoms with Crippen molar-refractivity contribution in [2.24, 2.45) is 10.7 Å². The van der Waals surface area contributed by atoms with Gasteiger partial charge in [-0.05, 0) is 42.7 Å². The van der Waals surface area contributed by atoms with Crippen LogP contribution in [0, 0.1) is 0 Å². The normalized spacial score (nSPS) is 15.8. The summed E-state index contributed by atoms with van der Waals surface area (Å²) in [7, 11) is 1.68. The lowest BCUT2D eigenvalue weighted by Gasteiger charge is -2.41. The minimum Gasteiger partial charge on any atom is -0.497 e. The maximum absolute atomic E-state index is 5.99. The monoisotopic (exact) mass is 438 g/mol. The van der Waals surface area contributed by atoms with Gasteiger partial charge in [-0.2, -0.15) is 0 Å². The smallest absolute Gasteiger partial charge is 0.194 e. The van der Waals surface area contributed by atoms with Crippen molar-refractivity contribution in [3.8, 4) is 5.75 Å². The summed E-state index contributed by atoms with van der Waals surface area (Å²) in [5.74, 6) is 1.99. The van der Waals surface area contributed by atoms with Crippen molar-refractivity contribution in [2.75, 3.05) is 19.0 Å². The quantitative estimate of drug-likeness (QED) is 0.426. The maximum Gasteiger partial charge on any atom is 0.194 e. The number of pyridine rings is 1. The Balaban J connectivity index is 0.00000208. The second-order valence-electron chi connectivity index (χ2n) is 5.90. The van der Waals surface area contributed by atoms with Crippen molar-refractivity contribution >= 4 is 35.8 Å². The summed E-state index contributed by atoms with van der Waals surface area (Å²) < 4.78 is 5.23. The second kappa shape index (κ2) is 8.32. The molecule has 6 heteroatoms. The predicted molar refractivity (Wildman–Crippen MR) is 108 cm³/mol. The average molecular weight is 438 g/mol. The van der Waals surface area contributed by atoms with E-state index >= 15 is 0 Å². The number of hydrogen-bond donors (Lipinski definition) is 2. The molecular weight excluding hydrogens is 415 g/mol. The summed E-state index contributed by atoms with van der Waals surface area (Å²) in [6.07, 6.45) is 5.23. The number of anilines is 1. The topological polar surface area (TPSA) is 72.5 Å². The number of nitrogens with one attached hydrogen (secondary N) is 1. The first-order valence-corrected chi connectivity index (χ1v) is 7.84. The number of hydrogen-bond acceptors (Lipinski definition) is 3. The van der Waals surface area contributed by atoms with Crippen molar-refractivity contribution in [3.63, 3.8) is 0 Å². The molecule has 128 valence electrons. The van der Waals surface area contributed by atoms with Crippen molar-refractivity contribution in [1.29, 1.82) is 0 Å². The summed E-state index contributed by atoms with van der Waals surface area (Å²) in [5.41, 5.74) is 7.40. The number of ether oxygens (including phenoxy) is 1. The van der Waals surface area contributed by atoms with Gasteiger partial charge in [-0.15, -0.1) is 24.0 Å². The Labute approximate surface area is 159 Å². The summed E-state index contributed by atoms with van der Waals surface area (Å²) in [4.78, 5) is 8.73. The Bertz CT molecular complexity index is 669. The van der Waals surface area contributed by atoms with E-state index in [-0.39, 0.29) is 29.4 Å². The lowest BCUT2D eigenvalue weighted by Crippen LogP contribution is -2.38. The van der Waals surface area contributed by atoms with Gasteiger partial charge in [0.2, 0.25) is 0 Å². The van der Waals surface area contributed by atoms with E-state index in [4.69, 9.17) is 10.5 Å². The zero-order valence-corrected chi connectivity index (χ0v) is 16.1. The van der Waals surface area contributed by atoms with E-state index in [9.17, 15) is 0 Å². The molecule has 3 N–H and O–H groups in total. The molecule has 3 rings (SSSR count). The van der Waals surface area contributed by atoms with Crippen LogP contribution < -0.4 is 15.8 Å². The van der Waals surface area contributed by atoms with E-state index < -0.39 is 0 Å². The SMILES string of the molecule is COc1ccc(C2(CN=C(N)Nc3ccccn3)CCC2)cc1.I. The first kappa shape index (κ1) is 18.5. The number of rotatable bonds is 5. The first-order chi connectivity index (χ1) is 11.2. The molecule has 1 aromatic heterocycles. The van der Waals surface area contributed by atoms with Crippen LogP contribution >= 0.6 is 24.0 Å². The van der Waals surface area contributed by atoms with Crippen LogP contribution in [0.3, 0.4) is 0 Å². The van der Waals surface area contributed by atoms with Crippen LogP contribution in [0.2, 0.25) is 0 Å². The zero-order valence-electron chi connectivity index (χ0n) is 13.7. The molecule has 1 fully saturated rings. The third-order valence-corrected chi connectivity index (χ3v) is 4.49. The molecule has 0 amide bonds. The van der Waals surface area contributed by atoms with Crippen molar-refractivity contribution in [1.82, 2.24) is 4.98 Å². The van der Waals surface area contributed by atoms with Gasteiger partial charge in [0, 0.05) is 11.6 Å². The summed E-state index contributed by atoms with van der Waals surface area (Å²) >= 11 is 0. The number of benzene rings is 1. The van der Waals surface area contributed by atoms with Gasteiger partial charge < -0.3 is 15.8 Å². The molecule has 0 unspecified atom stereocenters. The van der Waals surface area contributed by atoms with Gasteiger partial charge in [0.15, 0.2) is 5.96 Å². The van der Waals surface area contributed by atoms with Gasteiger partial charge in [-0.25, -0.2) is 4.98 Å². The maximum atomic E-state index is 5.99. The molecule has 1 aliphatic rings. The molecule has 1 saturated carbocycles. The Morgan fingerprint density at radius 1 is 1.25 bits per heavy atom. The molecular formula is C18H23IN4O. The van der Waals surface area contributed by atoms with Crippen LogP contribution in [-0.4, -0.2) is 24.6 Å². The molecule has 24 heavy (non-hydrogen) atoms. The van der Waals surface area contributed by atoms with E-state index in [0.29, 0.717) is 18.3 Å². The Morgan fingerprint density at radius 3 is 2.54 bits per heavy atom. The standard InChI is InChI=1S/C18H22N4O.HI/c1-23-15-8-6-14(7-9-15)18(10-4-11-18)13-21-17(19)22-16-5-2-3-12-20-16;/h2-3,5-9,12H,4,10-11,13H2,1H3,(H3,19,20,21,22);1H. The minimum atomic E-state index is 0. The lowest BCUT2D eigenvalue weighted by molar-refractivity contribution is 0.253. The summed E-state index contributed by atoms with van der Waals surface area (Å²) in [6.45, 7) is 0.686. The van der Waals surface area contributed by atoms with Crippen LogP contribution in [0.25, 0.3) is 0 Å². The predicted octanol–water partition coefficient (Wildman–Crippen LogP) is 3.56. The highest BCUT2D eigenvalue weighted by Crippen LogP contribution is 2.44. The van der Waals surface area contributed by atoms with Gasteiger partial charge in [0.25, 0.3) is 0 Å². The number of nitrogens with zero attached hydrogens (tertiary/aromatic N) is 2. The number of aliphatic imine (C=N–C) groups is 1. The fourth-order valence-electron chi connectivity index (χ4n) is 2.93. The summed E-state index contributed by atoms with van der Waals surface area (Å²) in [6, 6.07) is 13.9. The number of methoxy groups -OCH3 is 1. The first-order valence-electron chi connectivity index (χ1n) is 7.84. The largest absolute Gasteiger partial charge is 0.497 e. The Hall–Kier alpha value is -1.83. The molecule has 0 atom stereocenters. The third-order valence-electron chi connectivity index (χ3n) is 4.49. The highest BCUT2D eigenvalue weighted by Gasteiger charge is 2.38. The van der Waals surface area contributed by atoms with Crippen LogP contribution in [0.15, 0.2) is 53.7 Å². The fraction of sp³-hybridized carbons (Fsp3) is 0.333. The van der Waals surface area contributed by atoms with Gasteiger partial charge in [0.1, 0.15) is 11.6 Å². The van der Waals surface area contributed by atoms with Crippen LogP contribution in [-0.2, 0) is 5.41 Å². The highest BCUT2D eigenvalue weighted by molar-refractivity contribution is 14.0. The molecule has 2 aromatic rings. The Morgan fingerprint density at radius 2 is 2.00 bits per heavy atom. The fourth-order valence-corrected chi connectivity index (χ4v) is 2.93. The van der Waals surface area contributed by atoms with Crippen LogP contribution in [0.4, 0.5) is 5.82 Å². The molecule has 1 heterocycles. The van der Waals surface area contributed by atoms with E-state index in [1.165, 1.54) is 12.0 Å². The number of nitrogens with two attached hydrogens (primary N) is 1. The zero-order chi connectivity index (χ0) is 16.1. The van der Waals surface area contributed by atoms with E-state index in [1.807, 2.05) is 30.3 Å². The number of halogens is 1. The molecule has 0 saturated heterocycles. The van der Waals surface area contributed by atoms with Gasteiger partial charge >= 0.3 is 0 Å². The third kappa shape index (κ3) is 4.17. The molecule has 0 spiro atoms. The minimum absolute atomic E-state index is 0.